The third kappa shape index (κ3) is 2.34. The molecule has 1 aliphatic heterocycles. The lowest BCUT2D eigenvalue weighted by molar-refractivity contribution is 0.0954. The molecule has 1 amide bonds. The zero-order chi connectivity index (χ0) is 15.1. The minimum absolute atomic E-state index is 0.208. The molecule has 0 saturated heterocycles. The van der Waals surface area contributed by atoms with Gasteiger partial charge < -0.3 is 9.47 Å². The molecule has 4 rings (SSSR count). The highest BCUT2D eigenvalue weighted by Gasteiger charge is 2.40. The molecule has 2 fully saturated rings. The fraction of sp³-hybridized carbons (Fsp3) is 0.529. The second-order valence-electron chi connectivity index (χ2n) is 6.54. The minimum atomic E-state index is -0.208. The Morgan fingerprint density at radius 1 is 1.23 bits per heavy atom. The number of fused-ring (bicyclic) bond motifs is 3. The van der Waals surface area contributed by atoms with E-state index in [1.54, 1.807) is 18.2 Å². The Balaban J connectivity index is 1.42. The first kappa shape index (κ1) is 13.6. The number of nitrogens with one attached hydrogen (secondary N) is 1. The summed E-state index contributed by atoms with van der Waals surface area (Å²) in [6.07, 6.45) is 5.27. The summed E-state index contributed by atoms with van der Waals surface area (Å²) in [4.78, 5) is 12.2. The number of amides is 1. The Bertz CT molecular complexity index is 641. The van der Waals surface area contributed by atoms with Gasteiger partial charge in [-0.2, -0.15) is 5.10 Å². The Morgan fingerprint density at radius 3 is 2.86 bits per heavy atom. The van der Waals surface area contributed by atoms with Gasteiger partial charge in [0.25, 0.3) is 5.91 Å². The lowest BCUT2D eigenvalue weighted by Gasteiger charge is -2.21. The first-order valence-corrected chi connectivity index (χ1v) is 7.95. The van der Waals surface area contributed by atoms with Gasteiger partial charge in [0.1, 0.15) is 0 Å². The van der Waals surface area contributed by atoms with E-state index in [9.17, 15) is 4.79 Å². The van der Waals surface area contributed by atoms with Crippen molar-refractivity contribution in [3.63, 3.8) is 0 Å². The predicted molar refractivity (Wildman–Crippen MR) is 82.1 cm³/mol. The predicted octanol–water partition coefficient (Wildman–Crippen LogP) is 2.96. The maximum Gasteiger partial charge on any atom is 0.271 e. The highest BCUT2D eigenvalue weighted by Crippen LogP contribution is 2.48. The van der Waals surface area contributed by atoms with Crippen LogP contribution in [0.2, 0.25) is 0 Å². The maximum absolute atomic E-state index is 12.2. The van der Waals surface area contributed by atoms with Gasteiger partial charge in [0, 0.05) is 17.2 Å². The van der Waals surface area contributed by atoms with E-state index >= 15 is 0 Å². The van der Waals surface area contributed by atoms with E-state index < -0.39 is 0 Å². The van der Waals surface area contributed by atoms with Crippen LogP contribution in [0.5, 0.6) is 11.5 Å². The summed E-state index contributed by atoms with van der Waals surface area (Å²) in [5, 5.41) is 4.34. The fourth-order valence-electron chi connectivity index (χ4n) is 4.08. The molecular formula is C17H20N2O3. The molecule has 22 heavy (non-hydrogen) atoms. The topological polar surface area (TPSA) is 59.9 Å². The zero-order valence-electron chi connectivity index (χ0n) is 12.7. The number of hydrogen-bond acceptors (Lipinski definition) is 4. The minimum Gasteiger partial charge on any atom is -0.454 e. The molecule has 2 aliphatic carbocycles. The van der Waals surface area contributed by atoms with Gasteiger partial charge in [0.05, 0.1) is 0 Å². The monoisotopic (exact) mass is 300 g/mol. The van der Waals surface area contributed by atoms with E-state index in [-0.39, 0.29) is 12.7 Å². The number of ether oxygens (including phenoxy) is 2. The summed E-state index contributed by atoms with van der Waals surface area (Å²) in [6.45, 7) is 2.24. The molecule has 5 nitrogen and oxygen atoms in total. The largest absolute Gasteiger partial charge is 0.454 e. The van der Waals surface area contributed by atoms with Crippen LogP contribution in [-0.4, -0.2) is 18.4 Å². The van der Waals surface area contributed by atoms with Crippen LogP contribution in [-0.2, 0) is 0 Å². The summed E-state index contributed by atoms with van der Waals surface area (Å²) in [6, 6.07) is 5.18. The molecule has 0 aromatic heterocycles. The number of benzene rings is 1. The Labute approximate surface area is 129 Å². The molecule has 2 bridgehead atoms. The smallest absolute Gasteiger partial charge is 0.271 e. The molecule has 0 radical (unpaired) electrons. The summed E-state index contributed by atoms with van der Waals surface area (Å²) in [7, 11) is 0. The maximum atomic E-state index is 12.2. The quantitative estimate of drug-likeness (QED) is 0.689. The van der Waals surface area contributed by atoms with Crippen molar-refractivity contribution in [1.82, 2.24) is 5.43 Å². The SMILES string of the molecule is C/C(=N\NC(=O)c1ccc2c(c1)OCO2)C1CC2CCC1C2. The van der Waals surface area contributed by atoms with Gasteiger partial charge in [0.15, 0.2) is 11.5 Å². The molecular weight excluding hydrogens is 280 g/mol. The normalized spacial score (nSPS) is 29.0. The van der Waals surface area contributed by atoms with Gasteiger partial charge in [-0.3, -0.25) is 4.79 Å². The molecule has 3 atom stereocenters. The van der Waals surface area contributed by atoms with Gasteiger partial charge in [-0.1, -0.05) is 6.42 Å². The van der Waals surface area contributed by atoms with Crippen LogP contribution >= 0.6 is 0 Å². The van der Waals surface area contributed by atoms with E-state index in [1.165, 1.54) is 25.7 Å². The van der Waals surface area contributed by atoms with Crippen molar-refractivity contribution in [3.05, 3.63) is 23.8 Å². The Hall–Kier alpha value is -2.04. The van der Waals surface area contributed by atoms with E-state index in [0.29, 0.717) is 23.0 Å². The molecule has 2 saturated carbocycles. The Kier molecular flexibility index (Phi) is 3.28. The van der Waals surface area contributed by atoms with Crippen LogP contribution in [0.3, 0.4) is 0 Å². The van der Waals surface area contributed by atoms with Crippen molar-refractivity contribution in [3.8, 4) is 11.5 Å². The average molecular weight is 300 g/mol. The molecule has 3 unspecified atom stereocenters. The first-order chi connectivity index (χ1) is 10.7. The van der Waals surface area contributed by atoms with Crippen molar-refractivity contribution in [1.29, 1.82) is 0 Å². The van der Waals surface area contributed by atoms with Crippen LogP contribution in [0.4, 0.5) is 0 Å². The standard InChI is InChI=1S/C17H20N2O3/c1-10(14-7-11-2-3-12(14)6-11)18-19-17(20)13-4-5-15-16(8-13)22-9-21-15/h4-5,8,11-12,14H,2-3,6-7,9H2,1H3,(H,19,20)/b18-10+. The van der Waals surface area contributed by atoms with Crippen LogP contribution in [0.15, 0.2) is 23.3 Å². The Morgan fingerprint density at radius 2 is 2.09 bits per heavy atom. The van der Waals surface area contributed by atoms with E-state index in [2.05, 4.69) is 10.5 Å². The zero-order valence-corrected chi connectivity index (χ0v) is 12.7. The van der Waals surface area contributed by atoms with Crippen molar-refractivity contribution < 1.29 is 14.3 Å². The molecule has 1 aromatic carbocycles. The number of carbonyl (C=O) groups excluding carboxylic acids is 1. The highest BCUT2D eigenvalue weighted by atomic mass is 16.7. The highest BCUT2D eigenvalue weighted by molar-refractivity contribution is 5.96. The van der Waals surface area contributed by atoms with Crippen molar-refractivity contribution in [2.24, 2.45) is 22.9 Å². The van der Waals surface area contributed by atoms with Crippen LogP contribution in [0.25, 0.3) is 0 Å². The lowest BCUT2D eigenvalue weighted by Crippen LogP contribution is -2.24. The third-order valence-corrected chi connectivity index (χ3v) is 5.24. The van der Waals surface area contributed by atoms with Crippen LogP contribution in [0.1, 0.15) is 43.0 Å². The van der Waals surface area contributed by atoms with Crippen molar-refractivity contribution in [2.75, 3.05) is 6.79 Å². The van der Waals surface area contributed by atoms with Crippen molar-refractivity contribution >= 4 is 11.6 Å². The molecule has 116 valence electrons. The van der Waals surface area contributed by atoms with Gasteiger partial charge in [-0.05, 0) is 56.2 Å². The molecule has 1 N–H and O–H groups in total. The number of carbonyl (C=O) groups is 1. The van der Waals surface area contributed by atoms with Crippen LogP contribution < -0.4 is 14.9 Å². The van der Waals surface area contributed by atoms with E-state index in [0.717, 1.165) is 17.5 Å². The fourth-order valence-corrected chi connectivity index (χ4v) is 4.08. The van der Waals surface area contributed by atoms with Crippen LogP contribution in [0, 0.1) is 17.8 Å². The van der Waals surface area contributed by atoms with Crippen molar-refractivity contribution in [2.45, 2.75) is 32.6 Å². The molecule has 1 heterocycles. The summed E-state index contributed by atoms with van der Waals surface area (Å²) >= 11 is 0. The van der Waals surface area contributed by atoms with Gasteiger partial charge >= 0.3 is 0 Å². The number of rotatable bonds is 3. The molecule has 0 spiro atoms. The number of nitrogens with zero attached hydrogens (tertiary/aromatic N) is 1. The number of hydrazone groups is 1. The average Bonchev–Trinajstić information content (AvgIpc) is 3.26. The molecule has 1 aromatic rings. The van der Waals surface area contributed by atoms with E-state index in [4.69, 9.17) is 9.47 Å². The third-order valence-electron chi connectivity index (χ3n) is 5.24. The second-order valence-corrected chi connectivity index (χ2v) is 6.54. The van der Waals surface area contributed by atoms with Gasteiger partial charge in [-0.15, -0.1) is 0 Å². The first-order valence-electron chi connectivity index (χ1n) is 7.95. The summed E-state index contributed by atoms with van der Waals surface area (Å²) in [5.74, 6) is 3.29. The van der Waals surface area contributed by atoms with Gasteiger partial charge in [-0.25, -0.2) is 5.43 Å². The molecule has 3 aliphatic rings. The molecule has 5 heteroatoms. The number of hydrogen-bond donors (Lipinski definition) is 1. The van der Waals surface area contributed by atoms with Gasteiger partial charge in [0.2, 0.25) is 6.79 Å². The summed E-state index contributed by atoms with van der Waals surface area (Å²) < 4.78 is 10.5. The summed E-state index contributed by atoms with van der Waals surface area (Å²) in [5.41, 5.74) is 4.27. The lowest BCUT2D eigenvalue weighted by atomic mass is 9.86. The van der Waals surface area contributed by atoms with E-state index in [1.807, 2.05) is 6.92 Å². The second kappa shape index (κ2) is 5.30.